The van der Waals surface area contributed by atoms with Crippen molar-refractivity contribution in [2.24, 2.45) is 0 Å². The molecule has 0 aliphatic heterocycles. The van der Waals surface area contributed by atoms with E-state index in [4.69, 9.17) is 14.9 Å². The Morgan fingerprint density at radius 1 is 1.50 bits per heavy atom. The van der Waals surface area contributed by atoms with Crippen molar-refractivity contribution in [3.8, 4) is 5.75 Å². The molecule has 0 aliphatic carbocycles. The minimum absolute atomic E-state index is 0.157. The van der Waals surface area contributed by atoms with Gasteiger partial charge in [0, 0.05) is 6.20 Å². The highest BCUT2D eigenvalue weighted by molar-refractivity contribution is 5.50. The second-order valence-corrected chi connectivity index (χ2v) is 2.76. The van der Waals surface area contributed by atoms with E-state index in [0.717, 1.165) is 0 Å². The average Bonchev–Trinajstić information content (AvgIpc) is 2.26. The molecule has 0 saturated heterocycles. The lowest BCUT2D eigenvalue weighted by Crippen LogP contribution is -2.28. The number of aliphatic hydroxyl groups excluding tert-OH is 2. The van der Waals surface area contributed by atoms with E-state index in [1.54, 1.807) is 18.3 Å². The van der Waals surface area contributed by atoms with Gasteiger partial charge in [-0.15, -0.1) is 0 Å². The number of ether oxygens (including phenoxy) is 1. The number of hydrogen-bond acceptors (Lipinski definition) is 5. The second kappa shape index (κ2) is 5.41. The molecular weight excluding hydrogens is 184 g/mol. The summed E-state index contributed by atoms with van der Waals surface area (Å²) in [6.45, 7) is -0.313. The molecule has 5 nitrogen and oxygen atoms in total. The maximum atomic E-state index is 8.86. The maximum absolute atomic E-state index is 8.86. The Labute approximate surface area is 82.4 Å². The molecular formula is C9H14N2O3. The molecule has 14 heavy (non-hydrogen) atoms. The molecule has 0 spiro atoms. The molecule has 0 atom stereocenters. The van der Waals surface area contributed by atoms with Crippen LogP contribution in [0.4, 0.5) is 5.82 Å². The van der Waals surface area contributed by atoms with Crippen molar-refractivity contribution in [3.63, 3.8) is 0 Å². The van der Waals surface area contributed by atoms with Crippen molar-refractivity contribution in [3.05, 3.63) is 18.3 Å². The van der Waals surface area contributed by atoms with Crippen molar-refractivity contribution < 1.29 is 14.9 Å². The van der Waals surface area contributed by atoms with Crippen LogP contribution in [0, 0.1) is 0 Å². The highest BCUT2D eigenvalue weighted by Crippen LogP contribution is 2.20. The highest BCUT2D eigenvalue weighted by Gasteiger charge is 2.09. The summed E-state index contributed by atoms with van der Waals surface area (Å²) in [4.78, 5) is 4.03. The fraction of sp³-hybridized carbons (Fsp3) is 0.444. The number of pyridine rings is 1. The molecule has 0 bridgehead atoms. The zero-order chi connectivity index (χ0) is 10.4. The molecule has 0 radical (unpaired) electrons. The molecule has 0 aliphatic rings. The molecule has 0 saturated carbocycles. The van der Waals surface area contributed by atoms with Crippen LogP contribution < -0.4 is 10.1 Å². The second-order valence-electron chi connectivity index (χ2n) is 2.76. The van der Waals surface area contributed by atoms with E-state index in [2.05, 4.69) is 10.3 Å². The summed E-state index contributed by atoms with van der Waals surface area (Å²) < 4.78 is 5.05. The third kappa shape index (κ3) is 2.58. The number of aromatic nitrogens is 1. The summed E-state index contributed by atoms with van der Waals surface area (Å²) in [5, 5.41) is 20.6. The molecule has 1 aromatic rings. The number of anilines is 1. The highest BCUT2D eigenvalue weighted by atomic mass is 16.5. The Morgan fingerprint density at radius 3 is 2.79 bits per heavy atom. The van der Waals surface area contributed by atoms with Gasteiger partial charge in [0.1, 0.15) is 0 Å². The van der Waals surface area contributed by atoms with Crippen LogP contribution in [0.5, 0.6) is 5.75 Å². The van der Waals surface area contributed by atoms with Gasteiger partial charge in [0.15, 0.2) is 11.6 Å². The lowest BCUT2D eigenvalue weighted by Gasteiger charge is -2.15. The van der Waals surface area contributed by atoms with Crippen LogP contribution >= 0.6 is 0 Å². The van der Waals surface area contributed by atoms with E-state index in [0.29, 0.717) is 11.6 Å². The minimum atomic E-state index is -0.418. The molecule has 0 unspecified atom stereocenters. The van der Waals surface area contributed by atoms with Gasteiger partial charge < -0.3 is 20.3 Å². The average molecular weight is 198 g/mol. The first kappa shape index (κ1) is 10.7. The van der Waals surface area contributed by atoms with E-state index < -0.39 is 6.04 Å². The fourth-order valence-electron chi connectivity index (χ4n) is 1.01. The molecule has 5 heteroatoms. The normalized spacial score (nSPS) is 10.3. The van der Waals surface area contributed by atoms with Crippen molar-refractivity contribution in [1.82, 2.24) is 4.98 Å². The fourth-order valence-corrected chi connectivity index (χ4v) is 1.01. The molecule has 1 aromatic heterocycles. The summed E-state index contributed by atoms with van der Waals surface area (Å²) in [6, 6.07) is 3.08. The quantitative estimate of drug-likeness (QED) is 0.613. The smallest absolute Gasteiger partial charge is 0.169 e. The number of hydrogen-bond donors (Lipinski definition) is 3. The Hall–Kier alpha value is -1.33. The van der Waals surface area contributed by atoms with Crippen LogP contribution in [0.25, 0.3) is 0 Å². The molecule has 78 valence electrons. The van der Waals surface area contributed by atoms with Crippen LogP contribution in [-0.4, -0.2) is 41.6 Å². The molecule has 0 fully saturated rings. The van der Waals surface area contributed by atoms with Gasteiger partial charge in [-0.3, -0.25) is 0 Å². The van der Waals surface area contributed by atoms with Gasteiger partial charge in [-0.1, -0.05) is 0 Å². The maximum Gasteiger partial charge on any atom is 0.169 e. The first-order chi connectivity index (χ1) is 6.81. The van der Waals surface area contributed by atoms with E-state index in [1.165, 1.54) is 7.11 Å². The van der Waals surface area contributed by atoms with E-state index in [9.17, 15) is 0 Å². The summed E-state index contributed by atoms with van der Waals surface area (Å²) in [5.41, 5.74) is 0. The van der Waals surface area contributed by atoms with Gasteiger partial charge in [-0.05, 0) is 12.1 Å². The zero-order valence-electron chi connectivity index (χ0n) is 7.97. The zero-order valence-corrected chi connectivity index (χ0v) is 7.97. The lowest BCUT2D eigenvalue weighted by atomic mass is 10.3. The van der Waals surface area contributed by atoms with Gasteiger partial charge in [0.25, 0.3) is 0 Å². The third-order valence-electron chi connectivity index (χ3n) is 1.77. The molecule has 0 aromatic carbocycles. The van der Waals surface area contributed by atoms with E-state index in [-0.39, 0.29) is 13.2 Å². The van der Waals surface area contributed by atoms with Gasteiger partial charge >= 0.3 is 0 Å². The number of aliphatic hydroxyl groups is 2. The van der Waals surface area contributed by atoms with Crippen molar-refractivity contribution in [2.45, 2.75) is 6.04 Å². The lowest BCUT2D eigenvalue weighted by molar-refractivity contribution is 0.203. The van der Waals surface area contributed by atoms with Crippen molar-refractivity contribution in [2.75, 3.05) is 25.6 Å². The Morgan fingerprint density at radius 2 is 2.21 bits per heavy atom. The van der Waals surface area contributed by atoms with E-state index >= 15 is 0 Å². The summed E-state index contributed by atoms with van der Waals surface area (Å²) >= 11 is 0. The number of nitrogens with one attached hydrogen (secondary N) is 1. The monoisotopic (exact) mass is 198 g/mol. The van der Waals surface area contributed by atoms with E-state index in [1.807, 2.05) is 0 Å². The van der Waals surface area contributed by atoms with Gasteiger partial charge in [0.2, 0.25) is 0 Å². The Bertz CT molecular complexity index is 277. The predicted octanol–water partition coefficient (Wildman–Crippen LogP) is -0.145. The minimum Gasteiger partial charge on any atom is -0.493 e. The standard InChI is InChI=1S/C9H14N2O3/c1-14-8-3-2-4-10-9(8)11-7(5-12)6-13/h2-4,7,12-13H,5-6H2,1H3,(H,10,11). The summed E-state index contributed by atoms with van der Waals surface area (Å²) in [7, 11) is 1.54. The first-order valence-electron chi connectivity index (χ1n) is 4.29. The number of methoxy groups -OCH3 is 1. The summed E-state index contributed by atoms with van der Waals surface area (Å²) in [6.07, 6.45) is 1.61. The summed E-state index contributed by atoms with van der Waals surface area (Å²) in [5.74, 6) is 1.10. The van der Waals surface area contributed by atoms with Gasteiger partial charge in [0.05, 0.1) is 26.4 Å². The van der Waals surface area contributed by atoms with Crippen LogP contribution in [0.2, 0.25) is 0 Å². The third-order valence-corrected chi connectivity index (χ3v) is 1.77. The van der Waals surface area contributed by atoms with Crippen LogP contribution in [0.1, 0.15) is 0 Å². The van der Waals surface area contributed by atoms with Crippen molar-refractivity contribution >= 4 is 5.82 Å². The van der Waals surface area contributed by atoms with Gasteiger partial charge in [-0.25, -0.2) is 4.98 Å². The van der Waals surface area contributed by atoms with Crippen LogP contribution in [0.3, 0.4) is 0 Å². The van der Waals surface area contributed by atoms with Gasteiger partial charge in [-0.2, -0.15) is 0 Å². The van der Waals surface area contributed by atoms with Crippen LogP contribution in [0.15, 0.2) is 18.3 Å². The van der Waals surface area contributed by atoms with Crippen molar-refractivity contribution in [1.29, 1.82) is 0 Å². The molecule has 0 amide bonds. The molecule has 3 N–H and O–H groups in total. The number of rotatable bonds is 5. The predicted molar refractivity (Wildman–Crippen MR) is 52.4 cm³/mol. The first-order valence-corrected chi connectivity index (χ1v) is 4.29. The topological polar surface area (TPSA) is 74.6 Å². The Kier molecular flexibility index (Phi) is 4.15. The number of nitrogens with zero attached hydrogens (tertiary/aromatic N) is 1. The largest absolute Gasteiger partial charge is 0.493 e. The SMILES string of the molecule is COc1cccnc1NC(CO)CO. The molecule has 1 heterocycles. The Balaban J connectivity index is 2.74. The molecule has 1 rings (SSSR count). The van der Waals surface area contributed by atoms with Crippen LogP contribution in [-0.2, 0) is 0 Å².